The van der Waals surface area contributed by atoms with Gasteiger partial charge in [0.15, 0.2) is 0 Å². The largest absolute Gasteiger partial charge is 0.480 e. The van der Waals surface area contributed by atoms with Crippen LogP contribution in [0.5, 0.6) is 0 Å². The summed E-state index contributed by atoms with van der Waals surface area (Å²) in [6, 6.07) is -0.362. The number of rotatable bonds is 5. The maximum Gasteiger partial charge on any atom is 0.320 e. The molecule has 1 N–H and O–H groups in total. The van der Waals surface area contributed by atoms with Crippen molar-refractivity contribution in [3.05, 3.63) is 16.1 Å². The Hall–Kier alpha value is -0.980. The van der Waals surface area contributed by atoms with E-state index in [1.165, 1.54) is 0 Å². The smallest absolute Gasteiger partial charge is 0.320 e. The number of ether oxygens (including phenoxy) is 1. The molecule has 19 heavy (non-hydrogen) atoms. The lowest BCUT2D eigenvalue weighted by Gasteiger charge is -2.32. The summed E-state index contributed by atoms with van der Waals surface area (Å²) in [4.78, 5) is 17.8. The number of carboxylic acids is 1. The van der Waals surface area contributed by atoms with E-state index in [0.29, 0.717) is 6.54 Å². The molecule has 0 radical (unpaired) electrons. The first-order chi connectivity index (χ1) is 9.11. The molecule has 1 fully saturated rings. The number of thiazole rings is 1. The Bertz CT molecular complexity index is 435. The van der Waals surface area contributed by atoms with Crippen LogP contribution in [-0.2, 0) is 16.1 Å². The fourth-order valence-corrected chi connectivity index (χ4v) is 3.19. The molecule has 1 aliphatic heterocycles. The molecule has 1 saturated heterocycles. The van der Waals surface area contributed by atoms with E-state index >= 15 is 0 Å². The number of aliphatic carboxylic acids is 1. The third kappa shape index (κ3) is 3.52. The first kappa shape index (κ1) is 14.4. The van der Waals surface area contributed by atoms with Gasteiger partial charge in [0.25, 0.3) is 0 Å². The van der Waals surface area contributed by atoms with Gasteiger partial charge in [-0.05, 0) is 26.3 Å². The highest BCUT2D eigenvalue weighted by molar-refractivity contribution is 7.09. The van der Waals surface area contributed by atoms with E-state index in [-0.39, 0.29) is 12.1 Å². The lowest BCUT2D eigenvalue weighted by Crippen LogP contribution is -2.44. The maximum atomic E-state index is 11.2. The molecule has 2 rings (SSSR count). The summed E-state index contributed by atoms with van der Waals surface area (Å²) in [6.45, 7) is 3.41. The zero-order chi connectivity index (χ0) is 13.8. The summed E-state index contributed by atoms with van der Waals surface area (Å²) in [6.07, 6.45) is 2.79. The van der Waals surface area contributed by atoms with Crippen molar-refractivity contribution in [3.63, 3.8) is 0 Å². The van der Waals surface area contributed by atoms with Crippen molar-refractivity contribution in [3.8, 4) is 0 Å². The van der Waals surface area contributed by atoms with E-state index in [1.54, 1.807) is 18.4 Å². The van der Waals surface area contributed by atoms with Gasteiger partial charge in [-0.25, -0.2) is 4.98 Å². The van der Waals surface area contributed by atoms with E-state index in [0.717, 1.165) is 36.5 Å². The second-order valence-electron chi connectivity index (χ2n) is 4.88. The molecule has 1 aromatic rings. The topological polar surface area (TPSA) is 62.7 Å². The van der Waals surface area contributed by atoms with Crippen molar-refractivity contribution in [2.45, 2.75) is 44.9 Å². The van der Waals surface area contributed by atoms with Crippen LogP contribution >= 0.6 is 11.3 Å². The normalized spacial score (nSPS) is 22.3. The molecule has 2 atom stereocenters. The molecule has 1 aliphatic rings. The average Bonchev–Trinajstić information content (AvgIpc) is 2.86. The lowest BCUT2D eigenvalue weighted by atomic mass is 10.0. The Labute approximate surface area is 117 Å². The van der Waals surface area contributed by atoms with Crippen LogP contribution in [0.25, 0.3) is 0 Å². The quantitative estimate of drug-likeness (QED) is 0.899. The van der Waals surface area contributed by atoms with Crippen molar-refractivity contribution in [1.29, 1.82) is 0 Å². The molecule has 5 nitrogen and oxygen atoms in total. The summed E-state index contributed by atoms with van der Waals surface area (Å²) < 4.78 is 5.24. The number of nitrogens with zero attached hydrogens (tertiary/aromatic N) is 2. The molecule has 0 aromatic carbocycles. The minimum atomic E-state index is -0.722. The molecular weight excluding hydrogens is 264 g/mol. The number of aromatic nitrogens is 1. The molecule has 0 amide bonds. The molecule has 0 bridgehead atoms. The molecule has 2 unspecified atom stereocenters. The van der Waals surface area contributed by atoms with Crippen LogP contribution in [0, 0.1) is 0 Å². The minimum Gasteiger partial charge on any atom is -0.480 e. The van der Waals surface area contributed by atoms with E-state index < -0.39 is 5.97 Å². The number of hydrogen-bond acceptors (Lipinski definition) is 5. The van der Waals surface area contributed by atoms with Gasteiger partial charge < -0.3 is 9.84 Å². The summed E-state index contributed by atoms with van der Waals surface area (Å²) >= 11 is 1.57. The number of hydrogen-bond donors (Lipinski definition) is 1. The summed E-state index contributed by atoms with van der Waals surface area (Å²) in [5.74, 6) is -0.722. The Balaban J connectivity index is 2.02. The van der Waals surface area contributed by atoms with E-state index in [4.69, 9.17) is 4.74 Å². The predicted octanol–water partition coefficient (Wildman–Crippen LogP) is 2.29. The van der Waals surface area contributed by atoms with Crippen LogP contribution in [0.4, 0.5) is 0 Å². The Morgan fingerprint density at radius 1 is 1.68 bits per heavy atom. The second kappa shape index (κ2) is 6.45. The maximum absolute atomic E-state index is 11.2. The Kier molecular flexibility index (Phi) is 4.90. The molecule has 106 valence electrons. The second-order valence-corrected chi connectivity index (χ2v) is 5.76. The fraction of sp³-hybridized carbons (Fsp3) is 0.692. The SMILES string of the molecule is COC(C)c1nc(CN2CCCCC2C(=O)O)cs1. The summed E-state index contributed by atoms with van der Waals surface area (Å²) in [5.41, 5.74) is 0.942. The van der Waals surface area contributed by atoms with Crippen molar-refractivity contribution >= 4 is 17.3 Å². The molecular formula is C13H20N2O3S. The fourth-order valence-electron chi connectivity index (χ4n) is 2.35. The molecule has 0 spiro atoms. The van der Waals surface area contributed by atoms with Crippen LogP contribution in [0.15, 0.2) is 5.38 Å². The highest BCUT2D eigenvalue weighted by Gasteiger charge is 2.28. The monoisotopic (exact) mass is 284 g/mol. The van der Waals surface area contributed by atoms with E-state index in [1.807, 2.05) is 17.2 Å². The van der Waals surface area contributed by atoms with Gasteiger partial charge in [-0.2, -0.15) is 0 Å². The van der Waals surface area contributed by atoms with E-state index in [2.05, 4.69) is 4.98 Å². The van der Waals surface area contributed by atoms with Gasteiger partial charge in [0.1, 0.15) is 17.2 Å². The van der Waals surface area contributed by atoms with Crippen LogP contribution in [0.1, 0.15) is 43.0 Å². The average molecular weight is 284 g/mol. The highest BCUT2D eigenvalue weighted by Crippen LogP contribution is 2.24. The zero-order valence-corrected chi connectivity index (χ0v) is 12.2. The first-order valence-electron chi connectivity index (χ1n) is 6.55. The van der Waals surface area contributed by atoms with Crippen molar-refractivity contribution in [2.24, 2.45) is 0 Å². The van der Waals surface area contributed by atoms with Crippen LogP contribution < -0.4 is 0 Å². The third-order valence-corrected chi connectivity index (χ3v) is 4.59. The molecule has 0 saturated carbocycles. The highest BCUT2D eigenvalue weighted by atomic mass is 32.1. The lowest BCUT2D eigenvalue weighted by molar-refractivity contribution is -0.144. The van der Waals surface area contributed by atoms with Gasteiger partial charge >= 0.3 is 5.97 Å². The Morgan fingerprint density at radius 2 is 2.47 bits per heavy atom. The van der Waals surface area contributed by atoms with Gasteiger partial charge in [-0.3, -0.25) is 9.69 Å². The number of carboxylic acid groups (broad SMARTS) is 1. The molecule has 0 aliphatic carbocycles. The third-order valence-electron chi connectivity index (χ3n) is 3.53. The summed E-state index contributed by atoms with van der Waals surface area (Å²) in [7, 11) is 1.66. The molecule has 1 aromatic heterocycles. The van der Waals surface area contributed by atoms with Crippen molar-refractivity contribution in [2.75, 3.05) is 13.7 Å². The number of likely N-dealkylation sites (tertiary alicyclic amines) is 1. The van der Waals surface area contributed by atoms with Crippen LogP contribution in [0.2, 0.25) is 0 Å². The van der Waals surface area contributed by atoms with E-state index in [9.17, 15) is 9.90 Å². The zero-order valence-electron chi connectivity index (χ0n) is 11.3. The van der Waals surface area contributed by atoms with Gasteiger partial charge in [-0.1, -0.05) is 6.42 Å². The molecule has 6 heteroatoms. The van der Waals surface area contributed by atoms with Gasteiger partial charge in [-0.15, -0.1) is 11.3 Å². The first-order valence-corrected chi connectivity index (χ1v) is 7.43. The van der Waals surface area contributed by atoms with Crippen LogP contribution in [0.3, 0.4) is 0 Å². The minimum absolute atomic E-state index is 0.00428. The van der Waals surface area contributed by atoms with Crippen molar-refractivity contribution in [1.82, 2.24) is 9.88 Å². The predicted molar refractivity (Wildman–Crippen MR) is 73.2 cm³/mol. The standard InChI is InChI=1S/C13H20N2O3S/c1-9(18-2)12-14-10(8-19-12)7-15-6-4-3-5-11(15)13(16)17/h8-9,11H,3-7H2,1-2H3,(H,16,17). The van der Waals surface area contributed by atoms with Gasteiger partial charge in [0.05, 0.1) is 5.69 Å². The summed E-state index contributed by atoms with van der Waals surface area (Å²) in [5, 5.41) is 12.2. The van der Waals surface area contributed by atoms with Crippen molar-refractivity contribution < 1.29 is 14.6 Å². The Morgan fingerprint density at radius 3 is 3.16 bits per heavy atom. The number of piperidine rings is 1. The van der Waals surface area contributed by atoms with Gasteiger partial charge in [0.2, 0.25) is 0 Å². The number of carbonyl (C=O) groups is 1. The number of methoxy groups -OCH3 is 1. The van der Waals surface area contributed by atoms with Gasteiger partial charge in [0, 0.05) is 19.0 Å². The van der Waals surface area contributed by atoms with Crippen LogP contribution in [-0.4, -0.2) is 40.7 Å². The molecule has 2 heterocycles.